The van der Waals surface area contributed by atoms with E-state index in [1.807, 2.05) is 6.07 Å². The van der Waals surface area contributed by atoms with E-state index in [1.54, 1.807) is 0 Å². The third kappa shape index (κ3) is 7.85. The fourth-order valence-corrected chi connectivity index (χ4v) is 1.96. The average molecular weight is 294 g/mol. The van der Waals surface area contributed by atoms with Gasteiger partial charge in [-0.1, -0.05) is 6.92 Å². The largest absolute Gasteiger partial charge is 0.379 e. The van der Waals surface area contributed by atoms with E-state index in [9.17, 15) is 0 Å². The van der Waals surface area contributed by atoms with Crippen molar-refractivity contribution >= 4 is 11.6 Å². The van der Waals surface area contributed by atoms with Gasteiger partial charge in [0.25, 0.3) is 0 Å². The van der Waals surface area contributed by atoms with Crippen molar-refractivity contribution < 1.29 is 4.74 Å². The van der Waals surface area contributed by atoms with Crippen LogP contribution in [0.1, 0.15) is 52.8 Å². The molecule has 0 radical (unpaired) electrons. The average Bonchev–Trinajstić information content (AvgIpc) is 2.43. The molecule has 1 rings (SSSR count). The van der Waals surface area contributed by atoms with Crippen molar-refractivity contribution in [1.29, 1.82) is 0 Å². The van der Waals surface area contributed by atoms with Gasteiger partial charge in [-0.15, -0.1) is 0 Å². The third-order valence-electron chi connectivity index (χ3n) is 2.93. The minimum Gasteiger partial charge on any atom is -0.379 e. The highest BCUT2D eigenvalue weighted by Gasteiger charge is 2.03. The first-order valence-corrected chi connectivity index (χ1v) is 8.13. The molecule has 0 spiro atoms. The Hall–Kier alpha value is -1.36. The second-order valence-electron chi connectivity index (χ2n) is 5.39. The number of hydrogen-bond acceptors (Lipinski definition) is 5. The normalized spacial score (nSPS) is 10.9. The van der Waals surface area contributed by atoms with Gasteiger partial charge in [0.1, 0.15) is 17.5 Å². The summed E-state index contributed by atoms with van der Waals surface area (Å²) >= 11 is 0. The first-order valence-electron chi connectivity index (χ1n) is 8.13. The summed E-state index contributed by atoms with van der Waals surface area (Å²) in [5, 5.41) is 6.64. The van der Waals surface area contributed by atoms with Crippen molar-refractivity contribution in [2.24, 2.45) is 0 Å². The molecule has 0 atom stereocenters. The standard InChI is InChI=1S/C16H30N4O/c1-5-9-14-19-15(17-6-2)12-16(20-14)18-10-7-8-11-21-13(3)4/h12-13H,5-11H2,1-4H3,(H2,17,18,19,20). The van der Waals surface area contributed by atoms with Crippen LogP contribution in [-0.4, -0.2) is 35.8 Å². The van der Waals surface area contributed by atoms with Crippen LogP contribution < -0.4 is 10.6 Å². The molecule has 21 heavy (non-hydrogen) atoms. The van der Waals surface area contributed by atoms with E-state index in [1.165, 1.54) is 0 Å². The zero-order valence-corrected chi connectivity index (χ0v) is 13.9. The van der Waals surface area contributed by atoms with Crippen molar-refractivity contribution in [2.75, 3.05) is 30.3 Å². The number of aromatic nitrogens is 2. The van der Waals surface area contributed by atoms with Crippen LogP contribution in [0.25, 0.3) is 0 Å². The van der Waals surface area contributed by atoms with Crippen LogP contribution in [-0.2, 0) is 11.2 Å². The number of nitrogens with one attached hydrogen (secondary N) is 2. The van der Waals surface area contributed by atoms with Crippen LogP contribution in [0, 0.1) is 0 Å². The van der Waals surface area contributed by atoms with Crippen LogP contribution in [0.15, 0.2) is 6.07 Å². The molecule has 0 aliphatic heterocycles. The lowest BCUT2D eigenvalue weighted by atomic mass is 10.3. The Morgan fingerprint density at radius 1 is 1.10 bits per heavy atom. The molecule has 0 aliphatic rings. The van der Waals surface area contributed by atoms with Crippen molar-refractivity contribution in [3.63, 3.8) is 0 Å². The molecule has 0 bridgehead atoms. The molecule has 0 amide bonds. The summed E-state index contributed by atoms with van der Waals surface area (Å²) in [6.07, 6.45) is 4.44. The van der Waals surface area contributed by atoms with E-state index in [-0.39, 0.29) is 0 Å². The maximum absolute atomic E-state index is 5.53. The topological polar surface area (TPSA) is 59.1 Å². The van der Waals surface area contributed by atoms with Crippen LogP contribution in [0.5, 0.6) is 0 Å². The van der Waals surface area contributed by atoms with Gasteiger partial charge in [-0.05, 0) is 40.0 Å². The molecule has 2 N–H and O–H groups in total. The molecule has 0 aromatic carbocycles. The lowest BCUT2D eigenvalue weighted by Crippen LogP contribution is -2.10. The predicted octanol–water partition coefficient (Wildman–Crippen LogP) is 3.48. The number of hydrogen-bond donors (Lipinski definition) is 2. The van der Waals surface area contributed by atoms with Gasteiger partial charge in [0.05, 0.1) is 6.10 Å². The zero-order valence-electron chi connectivity index (χ0n) is 13.9. The first kappa shape index (κ1) is 17.7. The molecule has 5 heteroatoms. The monoisotopic (exact) mass is 294 g/mol. The number of aryl methyl sites for hydroxylation is 1. The fourth-order valence-electron chi connectivity index (χ4n) is 1.96. The van der Waals surface area contributed by atoms with Crippen molar-refractivity contribution in [1.82, 2.24) is 9.97 Å². The SMILES string of the molecule is CCCc1nc(NCC)cc(NCCCCOC(C)C)n1. The van der Waals surface area contributed by atoms with E-state index in [0.717, 1.165) is 62.8 Å². The number of rotatable bonds is 11. The van der Waals surface area contributed by atoms with Gasteiger partial charge in [-0.3, -0.25) is 0 Å². The van der Waals surface area contributed by atoms with E-state index in [0.29, 0.717) is 6.10 Å². The van der Waals surface area contributed by atoms with Crippen LogP contribution >= 0.6 is 0 Å². The van der Waals surface area contributed by atoms with E-state index in [4.69, 9.17) is 4.74 Å². The van der Waals surface area contributed by atoms with Gasteiger partial charge in [-0.25, -0.2) is 9.97 Å². The maximum atomic E-state index is 5.53. The Bertz CT molecular complexity index is 372. The van der Waals surface area contributed by atoms with Crippen LogP contribution in [0.2, 0.25) is 0 Å². The summed E-state index contributed by atoms with van der Waals surface area (Å²) in [6, 6.07) is 1.98. The van der Waals surface area contributed by atoms with Crippen molar-refractivity contribution in [3.8, 4) is 0 Å². The first-order chi connectivity index (χ1) is 10.2. The number of nitrogens with zero attached hydrogens (tertiary/aromatic N) is 2. The Labute approximate surface area is 128 Å². The molecule has 0 fully saturated rings. The summed E-state index contributed by atoms with van der Waals surface area (Å²) in [4.78, 5) is 9.07. The molecule has 0 aliphatic carbocycles. The summed E-state index contributed by atoms with van der Waals surface area (Å²) in [6.45, 7) is 11.0. The van der Waals surface area contributed by atoms with E-state index in [2.05, 4.69) is 48.3 Å². The smallest absolute Gasteiger partial charge is 0.133 e. The molecule has 0 unspecified atom stereocenters. The fraction of sp³-hybridized carbons (Fsp3) is 0.750. The highest BCUT2D eigenvalue weighted by atomic mass is 16.5. The maximum Gasteiger partial charge on any atom is 0.133 e. The molecule has 0 saturated carbocycles. The number of anilines is 2. The van der Waals surface area contributed by atoms with Gasteiger partial charge in [0.2, 0.25) is 0 Å². The van der Waals surface area contributed by atoms with Gasteiger partial charge in [0, 0.05) is 32.2 Å². The second-order valence-corrected chi connectivity index (χ2v) is 5.39. The molecule has 1 aromatic rings. The lowest BCUT2D eigenvalue weighted by Gasteiger charge is -2.11. The van der Waals surface area contributed by atoms with Crippen molar-refractivity contribution in [2.45, 2.75) is 59.5 Å². The van der Waals surface area contributed by atoms with Gasteiger partial charge >= 0.3 is 0 Å². The highest BCUT2D eigenvalue weighted by Crippen LogP contribution is 2.12. The molecule has 5 nitrogen and oxygen atoms in total. The Kier molecular flexibility index (Phi) is 8.74. The third-order valence-corrected chi connectivity index (χ3v) is 2.93. The van der Waals surface area contributed by atoms with Crippen LogP contribution in [0.3, 0.4) is 0 Å². The Morgan fingerprint density at radius 2 is 1.81 bits per heavy atom. The number of unbranched alkanes of at least 4 members (excludes halogenated alkanes) is 1. The summed E-state index contributed by atoms with van der Waals surface area (Å²) in [5.74, 6) is 2.72. The van der Waals surface area contributed by atoms with E-state index < -0.39 is 0 Å². The second kappa shape index (κ2) is 10.4. The lowest BCUT2D eigenvalue weighted by molar-refractivity contribution is 0.0765. The molecule has 1 aromatic heterocycles. The van der Waals surface area contributed by atoms with Gasteiger partial charge in [-0.2, -0.15) is 0 Å². The zero-order chi connectivity index (χ0) is 15.5. The highest BCUT2D eigenvalue weighted by molar-refractivity contribution is 5.47. The van der Waals surface area contributed by atoms with E-state index >= 15 is 0 Å². The number of ether oxygens (including phenoxy) is 1. The summed E-state index contributed by atoms with van der Waals surface area (Å²) in [7, 11) is 0. The Morgan fingerprint density at radius 3 is 2.43 bits per heavy atom. The molecule has 0 saturated heterocycles. The van der Waals surface area contributed by atoms with Gasteiger partial charge in [0.15, 0.2) is 0 Å². The minimum absolute atomic E-state index is 0.319. The Balaban J connectivity index is 2.41. The van der Waals surface area contributed by atoms with Crippen molar-refractivity contribution in [3.05, 3.63) is 11.9 Å². The van der Waals surface area contributed by atoms with Gasteiger partial charge < -0.3 is 15.4 Å². The molecule has 120 valence electrons. The predicted molar refractivity (Wildman–Crippen MR) is 89.0 cm³/mol. The summed E-state index contributed by atoms with van der Waals surface area (Å²) in [5.41, 5.74) is 0. The molecule has 1 heterocycles. The minimum atomic E-state index is 0.319. The summed E-state index contributed by atoms with van der Waals surface area (Å²) < 4.78 is 5.53. The quantitative estimate of drug-likeness (QED) is 0.612. The van der Waals surface area contributed by atoms with Crippen LogP contribution in [0.4, 0.5) is 11.6 Å². The molecular formula is C16H30N4O. The molecular weight excluding hydrogens is 264 g/mol.